The smallest absolute Gasteiger partial charge is 0.416 e. The molecular formula is C23H15F8N3O3. The highest BCUT2D eigenvalue weighted by molar-refractivity contribution is 6.00. The van der Waals surface area contributed by atoms with E-state index in [1.807, 2.05) is 5.32 Å². The summed E-state index contributed by atoms with van der Waals surface area (Å²) in [6.07, 6.45) is -10.3. The van der Waals surface area contributed by atoms with Gasteiger partial charge in [0.1, 0.15) is 23.4 Å². The van der Waals surface area contributed by atoms with Gasteiger partial charge in [0.15, 0.2) is 0 Å². The minimum Gasteiger partial charge on any atom is -0.508 e. The number of halogens is 8. The highest BCUT2D eigenvalue weighted by Gasteiger charge is 2.37. The molecule has 0 spiro atoms. The number of phenolic OH excluding ortho intramolecular Hbond substituents is 1. The maximum Gasteiger partial charge on any atom is 0.416 e. The molecule has 3 amide bonds. The zero-order chi connectivity index (χ0) is 27.5. The maximum absolute atomic E-state index is 14.0. The predicted octanol–water partition coefficient (Wildman–Crippen LogP) is 6.21. The van der Waals surface area contributed by atoms with E-state index in [0.717, 1.165) is 24.3 Å². The normalized spacial score (nSPS) is 12.5. The first kappa shape index (κ1) is 27.2. The molecule has 0 fully saturated rings. The van der Waals surface area contributed by atoms with Crippen molar-refractivity contribution >= 4 is 23.3 Å². The van der Waals surface area contributed by atoms with Crippen LogP contribution in [0.1, 0.15) is 22.7 Å². The summed E-state index contributed by atoms with van der Waals surface area (Å²) in [5.74, 6) is -3.44. The van der Waals surface area contributed by atoms with Crippen molar-refractivity contribution in [2.24, 2.45) is 0 Å². The second-order valence-corrected chi connectivity index (χ2v) is 7.53. The van der Waals surface area contributed by atoms with Gasteiger partial charge >= 0.3 is 18.4 Å². The highest BCUT2D eigenvalue weighted by Crippen LogP contribution is 2.37. The topological polar surface area (TPSA) is 90.5 Å². The largest absolute Gasteiger partial charge is 0.508 e. The third-order valence-electron chi connectivity index (χ3n) is 4.80. The predicted molar refractivity (Wildman–Crippen MR) is 114 cm³/mol. The van der Waals surface area contributed by atoms with Crippen molar-refractivity contribution in [1.82, 2.24) is 5.32 Å². The number of hydrogen-bond acceptors (Lipinski definition) is 3. The molecule has 0 aliphatic carbocycles. The van der Waals surface area contributed by atoms with E-state index in [9.17, 15) is 49.8 Å². The average molecular weight is 533 g/mol. The highest BCUT2D eigenvalue weighted by atomic mass is 19.4. The van der Waals surface area contributed by atoms with Crippen molar-refractivity contribution in [2.45, 2.75) is 18.4 Å². The molecule has 196 valence electrons. The Morgan fingerprint density at radius 2 is 1.32 bits per heavy atom. The number of phenols is 1. The molecule has 3 aromatic carbocycles. The van der Waals surface area contributed by atoms with E-state index in [1.165, 1.54) is 12.1 Å². The zero-order valence-electron chi connectivity index (χ0n) is 18.1. The van der Waals surface area contributed by atoms with E-state index in [-0.39, 0.29) is 29.5 Å². The number of aromatic hydroxyl groups is 1. The van der Waals surface area contributed by atoms with Gasteiger partial charge < -0.3 is 21.1 Å². The fourth-order valence-corrected chi connectivity index (χ4v) is 3.09. The summed E-state index contributed by atoms with van der Waals surface area (Å²) in [5.41, 5.74) is -4.73. The standard InChI is InChI=1S/C23H15F8N3O3/c24-14-3-6-18(17(25)10-14)33-20(36)19(11-1-4-16(35)5-2-11)34-21(37)32-15-8-12(22(26,27)28)7-13(9-15)23(29,30)31/h1-10,19,35H,(H,33,36)(H2,32,34,37). The lowest BCUT2D eigenvalue weighted by Gasteiger charge is -2.20. The summed E-state index contributed by atoms with van der Waals surface area (Å²) in [6, 6.07) is 4.10. The Kier molecular flexibility index (Phi) is 7.60. The molecule has 0 radical (unpaired) electrons. The van der Waals surface area contributed by atoms with Crippen LogP contribution < -0.4 is 16.0 Å². The van der Waals surface area contributed by atoms with Crippen LogP contribution in [0.15, 0.2) is 60.7 Å². The first-order valence-corrected chi connectivity index (χ1v) is 10.1. The van der Waals surface area contributed by atoms with Crippen molar-refractivity contribution in [3.05, 3.63) is 89.0 Å². The van der Waals surface area contributed by atoms with Crippen LogP contribution in [-0.4, -0.2) is 17.0 Å². The molecule has 0 aromatic heterocycles. The Balaban J connectivity index is 1.89. The van der Waals surface area contributed by atoms with E-state index in [0.29, 0.717) is 6.07 Å². The van der Waals surface area contributed by atoms with Gasteiger partial charge in [0, 0.05) is 11.8 Å². The molecule has 0 saturated carbocycles. The quantitative estimate of drug-likeness (QED) is 0.294. The van der Waals surface area contributed by atoms with Gasteiger partial charge in [0.05, 0.1) is 16.8 Å². The number of carbonyl (C=O) groups is 2. The van der Waals surface area contributed by atoms with Crippen LogP contribution >= 0.6 is 0 Å². The van der Waals surface area contributed by atoms with Crippen LogP contribution in [0.2, 0.25) is 0 Å². The molecule has 0 aliphatic rings. The molecule has 0 saturated heterocycles. The Morgan fingerprint density at radius 3 is 1.84 bits per heavy atom. The molecule has 3 aromatic rings. The van der Waals surface area contributed by atoms with Crippen molar-refractivity contribution in [3.63, 3.8) is 0 Å². The minimum absolute atomic E-state index is 0.00649. The lowest BCUT2D eigenvalue weighted by atomic mass is 10.1. The number of alkyl halides is 6. The van der Waals surface area contributed by atoms with Crippen LogP contribution in [0.4, 0.5) is 51.3 Å². The van der Waals surface area contributed by atoms with Crippen LogP contribution in [0, 0.1) is 11.6 Å². The SMILES string of the molecule is O=C(Nc1cc(C(F)(F)F)cc(C(F)(F)F)c1)NC(C(=O)Nc1ccc(F)cc1F)c1ccc(O)cc1. The van der Waals surface area contributed by atoms with Gasteiger partial charge in [0.25, 0.3) is 5.91 Å². The Morgan fingerprint density at radius 1 is 0.757 bits per heavy atom. The minimum atomic E-state index is -5.16. The van der Waals surface area contributed by atoms with Crippen molar-refractivity contribution in [1.29, 1.82) is 0 Å². The molecule has 0 bridgehead atoms. The molecule has 4 N–H and O–H groups in total. The number of nitrogens with one attached hydrogen (secondary N) is 3. The summed E-state index contributed by atoms with van der Waals surface area (Å²) in [7, 11) is 0. The van der Waals surface area contributed by atoms with Gasteiger partial charge in [-0.15, -0.1) is 0 Å². The summed E-state index contributed by atoms with van der Waals surface area (Å²) in [5, 5.41) is 15.4. The van der Waals surface area contributed by atoms with E-state index in [2.05, 4.69) is 10.6 Å². The lowest BCUT2D eigenvalue weighted by molar-refractivity contribution is -0.143. The first-order valence-electron chi connectivity index (χ1n) is 10.1. The summed E-state index contributed by atoms with van der Waals surface area (Å²) in [4.78, 5) is 25.3. The summed E-state index contributed by atoms with van der Waals surface area (Å²) < 4.78 is 106. The number of rotatable bonds is 5. The van der Waals surface area contributed by atoms with Crippen molar-refractivity contribution in [2.75, 3.05) is 10.6 Å². The average Bonchev–Trinajstić information content (AvgIpc) is 2.78. The fraction of sp³-hybridized carbons (Fsp3) is 0.130. The molecule has 3 rings (SSSR count). The van der Waals surface area contributed by atoms with Crippen LogP contribution in [0.3, 0.4) is 0 Å². The second kappa shape index (κ2) is 10.3. The van der Waals surface area contributed by atoms with Gasteiger partial charge in [-0.05, 0) is 48.0 Å². The van der Waals surface area contributed by atoms with Gasteiger partial charge in [-0.2, -0.15) is 26.3 Å². The van der Waals surface area contributed by atoms with Gasteiger partial charge in [-0.25, -0.2) is 13.6 Å². The maximum atomic E-state index is 14.0. The zero-order valence-corrected chi connectivity index (χ0v) is 18.1. The van der Waals surface area contributed by atoms with Gasteiger partial charge in [-0.1, -0.05) is 12.1 Å². The Bertz CT molecular complexity index is 1280. The molecule has 0 aliphatic heterocycles. The van der Waals surface area contributed by atoms with E-state index >= 15 is 0 Å². The van der Waals surface area contributed by atoms with E-state index < -0.39 is 64.5 Å². The van der Waals surface area contributed by atoms with Crippen molar-refractivity contribution in [3.8, 4) is 5.75 Å². The van der Waals surface area contributed by atoms with E-state index in [1.54, 1.807) is 0 Å². The number of hydrogen-bond donors (Lipinski definition) is 4. The third-order valence-corrected chi connectivity index (χ3v) is 4.80. The second-order valence-electron chi connectivity index (χ2n) is 7.53. The molecule has 37 heavy (non-hydrogen) atoms. The fourth-order valence-electron chi connectivity index (χ4n) is 3.09. The summed E-state index contributed by atoms with van der Waals surface area (Å²) >= 11 is 0. The van der Waals surface area contributed by atoms with Gasteiger partial charge in [-0.3, -0.25) is 4.79 Å². The Hall–Kier alpha value is -4.36. The molecule has 6 nitrogen and oxygen atoms in total. The van der Waals surface area contributed by atoms with Crippen LogP contribution in [0.5, 0.6) is 5.75 Å². The number of anilines is 2. The monoisotopic (exact) mass is 533 g/mol. The number of urea groups is 1. The molecule has 14 heteroatoms. The Labute approximate surface area is 202 Å². The number of amides is 3. The van der Waals surface area contributed by atoms with Crippen LogP contribution in [0.25, 0.3) is 0 Å². The van der Waals surface area contributed by atoms with Gasteiger partial charge in [0.2, 0.25) is 0 Å². The molecule has 1 atom stereocenters. The molecule has 1 unspecified atom stereocenters. The van der Waals surface area contributed by atoms with Crippen molar-refractivity contribution < 1.29 is 49.8 Å². The third kappa shape index (κ3) is 7.08. The molecular weight excluding hydrogens is 518 g/mol. The first-order chi connectivity index (χ1) is 17.1. The number of benzene rings is 3. The molecule has 0 heterocycles. The lowest BCUT2D eigenvalue weighted by Crippen LogP contribution is -2.39. The number of carbonyl (C=O) groups excluding carboxylic acids is 2. The van der Waals surface area contributed by atoms with Crippen LogP contribution in [-0.2, 0) is 17.1 Å². The van der Waals surface area contributed by atoms with E-state index in [4.69, 9.17) is 0 Å². The summed E-state index contributed by atoms with van der Waals surface area (Å²) in [6.45, 7) is 0.